The SMILES string of the molecule is O=C(O)C1=C(CCl)C[S+]([O-])[C@@H]2C(NC(=O)/C(=N/OC(F)F)c3csc(NC(c4ccccc4)(c4ccccc4)c4ccccc4)n3)C(=O)N12. The Morgan fingerprint density at radius 2 is 1.61 bits per heavy atom. The number of carboxylic acid groups (broad SMARTS) is 1. The van der Waals surface area contributed by atoms with Crippen molar-refractivity contribution in [3.05, 3.63) is 130 Å². The molecule has 0 radical (unpaired) electrons. The Morgan fingerprint density at radius 3 is 2.10 bits per heavy atom. The van der Waals surface area contributed by atoms with Gasteiger partial charge in [-0.05, 0) is 27.9 Å². The minimum Gasteiger partial charge on any atom is -0.614 e. The van der Waals surface area contributed by atoms with Crippen LogP contribution in [0.25, 0.3) is 0 Å². The molecule has 2 unspecified atom stereocenters. The van der Waals surface area contributed by atoms with Crippen LogP contribution >= 0.6 is 22.9 Å². The summed E-state index contributed by atoms with van der Waals surface area (Å²) in [5, 5.41) is 19.4. The molecule has 3 N–H and O–H groups in total. The number of oxime groups is 1. The standard InChI is InChI=1S/C33H26ClF2N5O6S2/c34-16-19-18-49(46)29-25(28(43)41(29)26(19)30(44)45)38-27(42)24(40-47-31(35)36)23-17-48-32(37-23)39-33(20-10-4-1-5-11-20,21-12-6-2-7-13-21)22-14-8-3-9-15-22/h1-15,17,25,29,31H,16,18H2,(H,37,39)(H,38,42)(H,44,45)/b40-24+/t25?,29-,49?/m1/s1. The van der Waals surface area contributed by atoms with Crippen molar-refractivity contribution >= 4 is 62.7 Å². The van der Waals surface area contributed by atoms with Gasteiger partial charge in [0.2, 0.25) is 5.37 Å². The molecule has 0 bridgehead atoms. The van der Waals surface area contributed by atoms with E-state index in [2.05, 4.69) is 25.6 Å². The third-order valence-electron chi connectivity index (χ3n) is 7.96. The van der Waals surface area contributed by atoms with Gasteiger partial charge in [-0.1, -0.05) is 96.2 Å². The van der Waals surface area contributed by atoms with E-state index in [1.54, 1.807) is 0 Å². The summed E-state index contributed by atoms with van der Waals surface area (Å²) >= 11 is 5.09. The smallest absolute Gasteiger partial charge is 0.407 e. The number of rotatable bonds is 12. The highest BCUT2D eigenvalue weighted by atomic mass is 35.5. The molecule has 3 heterocycles. The summed E-state index contributed by atoms with van der Waals surface area (Å²) < 4.78 is 39.3. The summed E-state index contributed by atoms with van der Waals surface area (Å²) in [6.07, 6.45) is 0. The predicted octanol–water partition coefficient (Wildman–Crippen LogP) is 4.48. The molecule has 3 aromatic carbocycles. The topological polar surface area (TPSA) is 156 Å². The molecule has 3 atom stereocenters. The van der Waals surface area contributed by atoms with Crippen LogP contribution in [0.4, 0.5) is 13.9 Å². The third-order valence-corrected chi connectivity index (χ3v) is 10.7. The molecule has 0 spiro atoms. The maximum Gasteiger partial charge on any atom is 0.407 e. The van der Waals surface area contributed by atoms with Crippen molar-refractivity contribution in [2.75, 3.05) is 16.9 Å². The summed E-state index contributed by atoms with van der Waals surface area (Å²) in [7, 11) is 0. The van der Waals surface area contributed by atoms with Gasteiger partial charge in [-0.25, -0.2) is 9.78 Å². The van der Waals surface area contributed by atoms with Crippen LogP contribution in [0.3, 0.4) is 0 Å². The number of aliphatic carboxylic acids is 1. The zero-order valence-electron chi connectivity index (χ0n) is 25.2. The second kappa shape index (κ2) is 14.3. The van der Waals surface area contributed by atoms with Crippen LogP contribution in [0, 0.1) is 0 Å². The number of nitrogens with zero attached hydrogens (tertiary/aromatic N) is 3. The first-order chi connectivity index (χ1) is 23.6. The van der Waals surface area contributed by atoms with Crippen molar-refractivity contribution in [1.29, 1.82) is 0 Å². The van der Waals surface area contributed by atoms with Crippen molar-refractivity contribution in [2.45, 2.75) is 23.6 Å². The lowest BCUT2D eigenvalue weighted by Crippen LogP contribution is -2.75. The summed E-state index contributed by atoms with van der Waals surface area (Å²) in [6, 6.07) is 27.3. The number of carboxylic acids is 1. The molecule has 11 nitrogen and oxygen atoms in total. The summed E-state index contributed by atoms with van der Waals surface area (Å²) in [4.78, 5) is 48.0. The quantitative estimate of drug-likeness (QED) is 0.0482. The van der Waals surface area contributed by atoms with Gasteiger partial charge in [0, 0.05) is 11.0 Å². The number of halogens is 3. The number of carbonyl (C=O) groups is 3. The van der Waals surface area contributed by atoms with E-state index in [-0.39, 0.29) is 28.0 Å². The summed E-state index contributed by atoms with van der Waals surface area (Å²) in [5.74, 6) is -3.92. The molecule has 2 amide bonds. The molecule has 1 saturated heterocycles. The molecular formula is C33H26ClF2N5O6S2. The Morgan fingerprint density at radius 1 is 1.06 bits per heavy atom. The molecule has 252 valence electrons. The predicted molar refractivity (Wildman–Crippen MR) is 180 cm³/mol. The van der Waals surface area contributed by atoms with Gasteiger partial charge in [0.25, 0.3) is 11.8 Å². The zero-order chi connectivity index (χ0) is 34.7. The second-order valence-corrected chi connectivity index (χ2v) is 13.4. The fourth-order valence-corrected chi connectivity index (χ4v) is 8.61. The van der Waals surface area contributed by atoms with Crippen molar-refractivity contribution < 1.29 is 37.7 Å². The lowest BCUT2D eigenvalue weighted by atomic mass is 9.77. The lowest BCUT2D eigenvalue weighted by molar-refractivity contribution is -0.150. The summed E-state index contributed by atoms with van der Waals surface area (Å²) in [5.41, 5.74) is 0.443. The van der Waals surface area contributed by atoms with E-state index < -0.39 is 63.9 Å². The number of anilines is 1. The number of fused-ring (bicyclic) bond motifs is 1. The van der Waals surface area contributed by atoms with Gasteiger partial charge in [0.15, 0.2) is 16.9 Å². The van der Waals surface area contributed by atoms with E-state index in [9.17, 15) is 32.8 Å². The van der Waals surface area contributed by atoms with Gasteiger partial charge in [-0.15, -0.1) is 22.9 Å². The highest BCUT2D eigenvalue weighted by molar-refractivity contribution is 7.92. The van der Waals surface area contributed by atoms with Crippen LogP contribution in [0.15, 0.2) is 113 Å². The van der Waals surface area contributed by atoms with E-state index >= 15 is 0 Å². The highest BCUT2D eigenvalue weighted by Gasteiger charge is 2.61. The molecule has 2 aliphatic rings. The minimum absolute atomic E-state index is 0.106. The van der Waals surface area contributed by atoms with Crippen molar-refractivity contribution in [1.82, 2.24) is 15.2 Å². The largest absolute Gasteiger partial charge is 0.614 e. The molecule has 4 aromatic rings. The third kappa shape index (κ3) is 6.49. The molecule has 1 aromatic heterocycles. The van der Waals surface area contributed by atoms with E-state index in [0.717, 1.165) is 32.9 Å². The number of benzene rings is 3. The second-order valence-electron chi connectivity index (χ2n) is 10.8. The van der Waals surface area contributed by atoms with Crippen LogP contribution in [0.5, 0.6) is 0 Å². The van der Waals surface area contributed by atoms with Crippen molar-refractivity contribution in [3.8, 4) is 0 Å². The number of nitrogens with one attached hydrogen (secondary N) is 2. The van der Waals surface area contributed by atoms with Crippen LogP contribution in [-0.2, 0) is 35.9 Å². The fourth-order valence-electron chi connectivity index (χ4n) is 5.84. The zero-order valence-corrected chi connectivity index (χ0v) is 27.6. The van der Waals surface area contributed by atoms with E-state index in [1.807, 2.05) is 91.0 Å². The van der Waals surface area contributed by atoms with Gasteiger partial charge in [0.1, 0.15) is 22.7 Å². The van der Waals surface area contributed by atoms with Crippen LogP contribution in [0.2, 0.25) is 0 Å². The number of amides is 2. The Bertz CT molecular complexity index is 1820. The van der Waals surface area contributed by atoms with Crippen LogP contribution < -0.4 is 10.6 Å². The number of aromatic nitrogens is 1. The normalized spacial score (nSPS) is 19.3. The van der Waals surface area contributed by atoms with Crippen molar-refractivity contribution in [3.63, 3.8) is 0 Å². The number of thiazole rings is 1. The molecular weight excluding hydrogens is 700 g/mol. The Labute approximate surface area is 290 Å². The number of carbonyl (C=O) groups excluding carboxylic acids is 2. The Balaban J connectivity index is 1.34. The van der Waals surface area contributed by atoms with E-state index in [4.69, 9.17) is 11.6 Å². The number of hydrogen-bond donors (Lipinski definition) is 3. The minimum atomic E-state index is -3.38. The lowest BCUT2D eigenvalue weighted by Gasteiger charge is -2.48. The van der Waals surface area contributed by atoms with Gasteiger partial charge in [-0.2, -0.15) is 8.78 Å². The van der Waals surface area contributed by atoms with E-state index in [1.165, 1.54) is 5.38 Å². The molecule has 49 heavy (non-hydrogen) atoms. The average molecular weight is 726 g/mol. The van der Waals surface area contributed by atoms with Gasteiger partial charge in [0.05, 0.1) is 5.88 Å². The van der Waals surface area contributed by atoms with Gasteiger partial charge >= 0.3 is 12.6 Å². The summed E-state index contributed by atoms with van der Waals surface area (Å²) in [6.45, 7) is -3.38. The Kier molecular flexibility index (Phi) is 9.96. The van der Waals surface area contributed by atoms with E-state index in [0.29, 0.717) is 0 Å². The van der Waals surface area contributed by atoms with Gasteiger partial charge in [-0.3, -0.25) is 14.5 Å². The molecule has 0 saturated carbocycles. The number of alkyl halides is 3. The molecule has 1 fully saturated rings. The molecule has 6 rings (SSSR count). The highest BCUT2D eigenvalue weighted by Crippen LogP contribution is 2.41. The number of hydrogen-bond acceptors (Lipinski definition) is 9. The first kappa shape index (κ1) is 34.0. The average Bonchev–Trinajstić information content (AvgIpc) is 3.57. The first-order valence-electron chi connectivity index (χ1n) is 14.6. The molecule has 16 heteroatoms. The van der Waals surface area contributed by atoms with Crippen LogP contribution in [-0.4, -0.2) is 72.7 Å². The van der Waals surface area contributed by atoms with Crippen molar-refractivity contribution in [2.24, 2.45) is 5.16 Å². The Hall–Kier alpha value is -4.83. The maximum absolute atomic E-state index is 13.5. The molecule has 2 aliphatic heterocycles. The first-order valence-corrected chi connectivity index (χ1v) is 17.4. The van der Waals surface area contributed by atoms with Gasteiger partial charge < -0.3 is 25.1 Å². The number of β-lactam (4-membered cyclic amide) rings is 1. The monoisotopic (exact) mass is 725 g/mol. The maximum atomic E-state index is 13.5. The fraction of sp³-hybridized carbons (Fsp3) is 0.182. The van der Waals surface area contributed by atoms with Crippen LogP contribution in [0.1, 0.15) is 22.4 Å². The molecule has 0 aliphatic carbocycles.